The van der Waals surface area contributed by atoms with Gasteiger partial charge < -0.3 is 9.47 Å². The standard InChI is InChI=1S/C11H6ClFN4O2/c1-18-10-15-9(12)16-11(17-10)19-7-3-2-6(5-14)8(13)4-7/h2-4H,1H3. The molecule has 2 aromatic rings. The van der Waals surface area contributed by atoms with Gasteiger partial charge in [0.2, 0.25) is 5.28 Å². The Bertz CT molecular complexity index is 660. The van der Waals surface area contributed by atoms with Crippen molar-refractivity contribution in [2.45, 2.75) is 0 Å². The highest BCUT2D eigenvalue weighted by atomic mass is 35.5. The summed E-state index contributed by atoms with van der Waals surface area (Å²) in [4.78, 5) is 11.1. The number of nitrogens with zero attached hydrogens (tertiary/aromatic N) is 4. The first-order valence-corrected chi connectivity index (χ1v) is 5.33. The van der Waals surface area contributed by atoms with Crippen molar-refractivity contribution in [3.8, 4) is 23.8 Å². The van der Waals surface area contributed by atoms with Gasteiger partial charge in [0.15, 0.2) is 0 Å². The van der Waals surface area contributed by atoms with Crippen LogP contribution in [0.2, 0.25) is 5.28 Å². The molecule has 8 heteroatoms. The Morgan fingerprint density at radius 1 is 1.26 bits per heavy atom. The van der Waals surface area contributed by atoms with Crippen LogP contribution in [0.1, 0.15) is 5.56 Å². The topological polar surface area (TPSA) is 80.9 Å². The molecule has 1 heterocycles. The van der Waals surface area contributed by atoms with Gasteiger partial charge in [0.25, 0.3) is 0 Å². The van der Waals surface area contributed by atoms with Crippen LogP contribution in [0.4, 0.5) is 4.39 Å². The molecule has 0 bridgehead atoms. The van der Waals surface area contributed by atoms with E-state index in [1.807, 2.05) is 0 Å². The molecule has 6 nitrogen and oxygen atoms in total. The Hall–Kier alpha value is -2.46. The zero-order valence-electron chi connectivity index (χ0n) is 9.59. The Balaban J connectivity index is 2.28. The minimum absolute atomic E-state index is 0.0240. The average Bonchev–Trinajstić information content (AvgIpc) is 2.38. The summed E-state index contributed by atoms with van der Waals surface area (Å²) in [5.74, 6) is -0.576. The largest absolute Gasteiger partial charge is 0.467 e. The number of hydrogen-bond donors (Lipinski definition) is 0. The average molecular weight is 281 g/mol. The van der Waals surface area contributed by atoms with Crippen LogP contribution < -0.4 is 9.47 Å². The van der Waals surface area contributed by atoms with Crippen LogP contribution in [0.15, 0.2) is 18.2 Å². The summed E-state index contributed by atoms with van der Waals surface area (Å²) >= 11 is 5.63. The Morgan fingerprint density at radius 2 is 2.00 bits per heavy atom. The maximum Gasteiger partial charge on any atom is 0.329 e. The number of halogens is 2. The number of rotatable bonds is 3. The van der Waals surface area contributed by atoms with E-state index in [1.54, 1.807) is 6.07 Å². The molecular weight excluding hydrogens is 275 g/mol. The zero-order valence-corrected chi connectivity index (χ0v) is 10.3. The molecule has 1 aromatic carbocycles. The zero-order chi connectivity index (χ0) is 13.8. The van der Waals surface area contributed by atoms with E-state index in [1.165, 1.54) is 19.2 Å². The highest BCUT2D eigenvalue weighted by Gasteiger charge is 2.09. The van der Waals surface area contributed by atoms with Crippen LogP contribution in [0.5, 0.6) is 17.8 Å². The Kier molecular flexibility index (Phi) is 3.73. The molecule has 96 valence electrons. The summed E-state index contributed by atoms with van der Waals surface area (Å²) in [6.45, 7) is 0. The lowest BCUT2D eigenvalue weighted by Crippen LogP contribution is -1.99. The van der Waals surface area contributed by atoms with Crippen molar-refractivity contribution in [3.63, 3.8) is 0 Å². The van der Waals surface area contributed by atoms with Crippen molar-refractivity contribution in [2.75, 3.05) is 7.11 Å². The first-order valence-electron chi connectivity index (χ1n) is 4.95. The highest BCUT2D eigenvalue weighted by molar-refractivity contribution is 6.28. The van der Waals surface area contributed by atoms with Gasteiger partial charge in [-0.05, 0) is 23.7 Å². The Labute approximate surface area is 112 Å². The molecule has 0 fully saturated rings. The number of hydrogen-bond acceptors (Lipinski definition) is 6. The van der Waals surface area contributed by atoms with Gasteiger partial charge in [-0.15, -0.1) is 4.98 Å². The number of ether oxygens (including phenoxy) is 2. The predicted octanol–water partition coefficient (Wildman–Crippen LogP) is 2.34. The molecular formula is C11H6ClFN4O2. The van der Waals surface area contributed by atoms with Gasteiger partial charge in [-0.1, -0.05) is 0 Å². The molecule has 0 amide bonds. The van der Waals surface area contributed by atoms with Gasteiger partial charge in [0.05, 0.1) is 12.7 Å². The van der Waals surface area contributed by atoms with Crippen molar-refractivity contribution >= 4 is 11.6 Å². The van der Waals surface area contributed by atoms with Crippen LogP contribution >= 0.6 is 11.6 Å². The predicted molar refractivity (Wildman–Crippen MR) is 62.6 cm³/mol. The summed E-state index contributed by atoms with van der Waals surface area (Å²) < 4.78 is 23.4. The second-order valence-electron chi connectivity index (χ2n) is 3.23. The molecule has 0 N–H and O–H groups in total. The lowest BCUT2D eigenvalue weighted by Gasteiger charge is -2.05. The minimum atomic E-state index is -0.702. The van der Waals surface area contributed by atoms with Crippen LogP contribution in [0.25, 0.3) is 0 Å². The van der Waals surface area contributed by atoms with E-state index in [0.717, 1.165) is 6.07 Å². The minimum Gasteiger partial charge on any atom is -0.467 e. The van der Waals surface area contributed by atoms with E-state index in [9.17, 15) is 4.39 Å². The molecule has 0 unspecified atom stereocenters. The maximum absolute atomic E-state index is 13.4. The maximum atomic E-state index is 13.4. The quantitative estimate of drug-likeness (QED) is 0.858. The van der Waals surface area contributed by atoms with Crippen LogP contribution in [0.3, 0.4) is 0 Å². The fourth-order valence-electron chi connectivity index (χ4n) is 1.21. The first-order chi connectivity index (χ1) is 9.12. The second kappa shape index (κ2) is 5.46. The van der Waals surface area contributed by atoms with E-state index in [4.69, 9.17) is 26.3 Å². The van der Waals surface area contributed by atoms with E-state index in [0.29, 0.717) is 0 Å². The molecule has 0 aliphatic carbocycles. The third-order valence-corrected chi connectivity index (χ3v) is 2.19. The molecule has 0 atom stereocenters. The van der Waals surface area contributed by atoms with E-state index < -0.39 is 5.82 Å². The molecule has 1 aromatic heterocycles. The SMILES string of the molecule is COc1nc(Cl)nc(Oc2ccc(C#N)c(F)c2)n1. The van der Waals surface area contributed by atoms with Gasteiger partial charge in [0.1, 0.15) is 17.6 Å². The number of nitriles is 1. The van der Waals surface area contributed by atoms with Crippen LogP contribution in [0, 0.1) is 17.1 Å². The van der Waals surface area contributed by atoms with Gasteiger partial charge in [-0.3, -0.25) is 0 Å². The molecule has 0 saturated carbocycles. The number of methoxy groups -OCH3 is 1. The normalized spacial score (nSPS) is 9.79. The van der Waals surface area contributed by atoms with Crippen molar-refractivity contribution in [2.24, 2.45) is 0 Å². The second-order valence-corrected chi connectivity index (χ2v) is 3.57. The summed E-state index contributed by atoms with van der Waals surface area (Å²) in [6, 6.07) is 5.27. The molecule has 0 radical (unpaired) electrons. The number of benzene rings is 1. The fourth-order valence-corrected chi connectivity index (χ4v) is 1.35. The highest BCUT2D eigenvalue weighted by Crippen LogP contribution is 2.22. The third-order valence-electron chi connectivity index (χ3n) is 2.02. The van der Waals surface area contributed by atoms with E-state index in [2.05, 4.69) is 15.0 Å². The van der Waals surface area contributed by atoms with Crippen LogP contribution in [-0.4, -0.2) is 22.1 Å². The van der Waals surface area contributed by atoms with Crippen LogP contribution in [-0.2, 0) is 0 Å². The van der Waals surface area contributed by atoms with E-state index >= 15 is 0 Å². The van der Waals surface area contributed by atoms with Gasteiger partial charge in [-0.2, -0.15) is 15.2 Å². The fraction of sp³-hybridized carbons (Fsp3) is 0.0909. The molecule has 19 heavy (non-hydrogen) atoms. The van der Waals surface area contributed by atoms with Crippen molar-refractivity contribution in [1.82, 2.24) is 15.0 Å². The molecule has 0 spiro atoms. The van der Waals surface area contributed by atoms with Crippen molar-refractivity contribution in [3.05, 3.63) is 34.9 Å². The van der Waals surface area contributed by atoms with Crippen molar-refractivity contribution in [1.29, 1.82) is 5.26 Å². The number of aromatic nitrogens is 3. The monoisotopic (exact) mass is 280 g/mol. The lowest BCUT2D eigenvalue weighted by molar-refractivity contribution is 0.358. The molecule has 0 aliphatic rings. The lowest BCUT2D eigenvalue weighted by atomic mass is 10.2. The van der Waals surface area contributed by atoms with E-state index in [-0.39, 0.29) is 28.6 Å². The van der Waals surface area contributed by atoms with Gasteiger partial charge in [0, 0.05) is 6.07 Å². The summed E-state index contributed by atoms with van der Waals surface area (Å²) in [5, 5.41) is 8.49. The third kappa shape index (κ3) is 3.05. The molecule has 2 rings (SSSR count). The summed E-state index contributed by atoms with van der Waals surface area (Å²) in [5.41, 5.74) is -0.0846. The molecule has 0 saturated heterocycles. The first kappa shape index (κ1) is 13.0. The van der Waals surface area contributed by atoms with Crippen molar-refractivity contribution < 1.29 is 13.9 Å². The molecule has 0 aliphatic heterocycles. The Morgan fingerprint density at radius 3 is 2.63 bits per heavy atom. The van der Waals surface area contributed by atoms with Gasteiger partial charge in [-0.25, -0.2) is 4.39 Å². The van der Waals surface area contributed by atoms with Gasteiger partial charge >= 0.3 is 12.0 Å². The summed E-state index contributed by atoms with van der Waals surface area (Å²) in [6.07, 6.45) is 0. The summed E-state index contributed by atoms with van der Waals surface area (Å²) in [7, 11) is 1.36. The smallest absolute Gasteiger partial charge is 0.329 e.